The maximum absolute atomic E-state index is 9.08. The van der Waals surface area contributed by atoms with Crippen molar-refractivity contribution in [3.8, 4) is 5.75 Å². The highest BCUT2D eigenvalue weighted by Gasteiger charge is 1.97. The molecule has 3 nitrogen and oxygen atoms in total. The molecule has 0 aliphatic carbocycles. The zero-order valence-electron chi connectivity index (χ0n) is 9.65. The Labute approximate surface area is 96.8 Å². The van der Waals surface area contributed by atoms with Crippen LogP contribution in [0.3, 0.4) is 0 Å². The van der Waals surface area contributed by atoms with E-state index in [4.69, 9.17) is 9.84 Å². The summed E-state index contributed by atoms with van der Waals surface area (Å²) < 4.78 is 5.37. The van der Waals surface area contributed by atoms with Gasteiger partial charge in [-0.2, -0.15) is 0 Å². The third kappa shape index (κ3) is 4.96. The predicted octanol–water partition coefficient (Wildman–Crippen LogP) is 1.72. The van der Waals surface area contributed by atoms with Crippen LogP contribution < -0.4 is 10.1 Å². The molecule has 16 heavy (non-hydrogen) atoms. The zero-order valence-corrected chi connectivity index (χ0v) is 9.65. The number of nitrogens with one attached hydrogen (secondary N) is 1. The molecule has 0 saturated heterocycles. The van der Waals surface area contributed by atoms with Crippen molar-refractivity contribution in [2.75, 3.05) is 13.2 Å². The Kier molecular flexibility index (Phi) is 5.61. The quantitative estimate of drug-likeness (QED) is 0.689. The molecule has 0 bridgehead atoms. The summed E-state index contributed by atoms with van der Waals surface area (Å²) >= 11 is 0. The first-order chi connectivity index (χ1) is 7.72. The van der Waals surface area contributed by atoms with Gasteiger partial charge in [-0.05, 0) is 24.6 Å². The highest BCUT2D eigenvalue weighted by atomic mass is 16.5. The Morgan fingerprint density at radius 3 is 2.69 bits per heavy atom. The van der Waals surface area contributed by atoms with E-state index < -0.39 is 0 Å². The van der Waals surface area contributed by atoms with Crippen molar-refractivity contribution in [2.24, 2.45) is 0 Å². The van der Waals surface area contributed by atoms with E-state index in [9.17, 15) is 0 Å². The fourth-order valence-electron chi connectivity index (χ4n) is 1.28. The minimum Gasteiger partial charge on any atom is -0.490 e. The summed E-state index contributed by atoms with van der Waals surface area (Å²) in [5.41, 5.74) is 1.17. The molecule has 0 aliphatic heterocycles. The summed E-state index contributed by atoms with van der Waals surface area (Å²) in [7, 11) is 0. The van der Waals surface area contributed by atoms with Crippen molar-refractivity contribution >= 4 is 0 Å². The molecular weight excluding hydrogens is 202 g/mol. The fourth-order valence-corrected chi connectivity index (χ4v) is 1.28. The van der Waals surface area contributed by atoms with Gasteiger partial charge in [0.05, 0.1) is 6.10 Å². The monoisotopic (exact) mass is 221 g/mol. The fraction of sp³-hybridized carbons (Fsp3) is 0.385. The van der Waals surface area contributed by atoms with Gasteiger partial charge >= 0.3 is 0 Å². The first-order valence-corrected chi connectivity index (χ1v) is 5.44. The van der Waals surface area contributed by atoms with E-state index in [2.05, 4.69) is 11.9 Å². The normalized spacial score (nSPS) is 12.1. The van der Waals surface area contributed by atoms with Crippen molar-refractivity contribution in [2.45, 2.75) is 19.6 Å². The van der Waals surface area contributed by atoms with E-state index in [0.717, 1.165) is 12.3 Å². The third-order valence-electron chi connectivity index (χ3n) is 2.06. The topological polar surface area (TPSA) is 41.5 Å². The number of aliphatic hydroxyl groups is 1. The number of hydrogen-bond donors (Lipinski definition) is 2. The van der Waals surface area contributed by atoms with Gasteiger partial charge in [0.15, 0.2) is 0 Å². The summed E-state index contributed by atoms with van der Waals surface area (Å²) in [6.45, 7) is 7.24. The molecule has 0 heterocycles. The Morgan fingerprint density at radius 2 is 2.12 bits per heavy atom. The molecule has 0 amide bonds. The second-order valence-corrected chi connectivity index (χ2v) is 3.72. The van der Waals surface area contributed by atoms with Gasteiger partial charge in [0.2, 0.25) is 0 Å². The van der Waals surface area contributed by atoms with Crippen LogP contribution in [0.5, 0.6) is 5.75 Å². The van der Waals surface area contributed by atoms with Crippen molar-refractivity contribution < 1.29 is 9.84 Å². The molecule has 0 aliphatic rings. The minimum absolute atomic E-state index is 0.310. The lowest BCUT2D eigenvalue weighted by Gasteiger charge is -2.08. The molecule has 0 unspecified atom stereocenters. The number of aliphatic hydroxyl groups excluding tert-OH is 1. The van der Waals surface area contributed by atoms with Gasteiger partial charge in [-0.3, -0.25) is 0 Å². The minimum atomic E-state index is -0.310. The van der Waals surface area contributed by atoms with Gasteiger partial charge in [-0.1, -0.05) is 24.8 Å². The van der Waals surface area contributed by atoms with Gasteiger partial charge in [0, 0.05) is 13.1 Å². The summed E-state index contributed by atoms with van der Waals surface area (Å²) in [6.07, 6.45) is 1.41. The lowest BCUT2D eigenvalue weighted by Crippen LogP contribution is -2.23. The maximum Gasteiger partial charge on any atom is 0.119 e. The molecule has 1 atom stereocenters. The molecule has 2 N–H and O–H groups in total. The lowest BCUT2D eigenvalue weighted by atomic mass is 10.2. The van der Waals surface area contributed by atoms with Crippen LogP contribution in [0.4, 0.5) is 0 Å². The second-order valence-electron chi connectivity index (χ2n) is 3.72. The van der Waals surface area contributed by atoms with Crippen LogP contribution in [0.2, 0.25) is 0 Å². The molecule has 1 rings (SSSR count). The van der Waals surface area contributed by atoms with Gasteiger partial charge in [0.25, 0.3) is 0 Å². The molecule has 0 aromatic heterocycles. The average molecular weight is 221 g/mol. The molecule has 1 aromatic rings. The third-order valence-corrected chi connectivity index (χ3v) is 2.06. The van der Waals surface area contributed by atoms with Crippen LogP contribution in [0.1, 0.15) is 12.5 Å². The van der Waals surface area contributed by atoms with Crippen LogP contribution in [0.15, 0.2) is 36.9 Å². The van der Waals surface area contributed by atoms with E-state index >= 15 is 0 Å². The van der Waals surface area contributed by atoms with Gasteiger partial charge in [-0.15, -0.1) is 0 Å². The second kappa shape index (κ2) is 7.04. The Morgan fingerprint density at radius 1 is 1.44 bits per heavy atom. The molecule has 0 radical (unpaired) electrons. The van der Waals surface area contributed by atoms with Crippen molar-refractivity contribution in [1.82, 2.24) is 5.32 Å². The predicted molar refractivity (Wildman–Crippen MR) is 65.5 cm³/mol. The van der Waals surface area contributed by atoms with E-state index in [1.807, 2.05) is 24.3 Å². The van der Waals surface area contributed by atoms with Gasteiger partial charge in [-0.25, -0.2) is 0 Å². The van der Waals surface area contributed by atoms with Crippen LogP contribution in [0, 0.1) is 0 Å². The first kappa shape index (κ1) is 12.7. The molecule has 1 aromatic carbocycles. The SMILES string of the molecule is C=CCOc1ccc(CNC[C@@H](C)O)cc1. The first-order valence-electron chi connectivity index (χ1n) is 5.44. The van der Waals surface area contributed by atoms with Crippen molar-refractivity contribution in [3.63, 3.8) is 0 Å². The van der Waals surface area contributed by atoms with E-state index in [-0.39, 0.29) is 6.10 Å². The smallest absolute Gasteiger partial charge is 0.119 e. The molecule has 0 fully saturated rings. The standard InChI is InChI=1S/C13H19NO2/c1-3-8-16-13-6-4-12(5-7-13)10-14-9-11(2)15/h3-7,11,14-15H,1,8-10H2,2H3/t11-/m1/s1. The van der Waals surface area contributed by atoms with Gasteiger partial charge < -0.3 is 15.2 Å². The van der Waals surface area contributed by atoms with E-state index in [0.29, 0.717) is 13.2 Å². The molecule has 88 valence electrons. The van der Waals surface area contributed by atoms with Crippen LogP contribution in [-0.2, 0) is 6.54 Å². The average Bonchev–Trinajstić information content (AvgIpc) is 2.27. The Hall–Kier alpha value is -1.32. The number of ether oxygens (including phenoxy) is 1. The highest BCUT2D eigenvalue weighted by molar-refractivity contribution is 5.27. The van der Waals surface area contributed by atoms with E-state index in [1.165, 1.54) is 5.56 Å². The zero-order chi connectivity index (χ0) is 11.8. The van der Waals surface area contributed by atoms with Crippen LogP contribution >= 0.6 is 0 Å². The van der Waals surface area contributed by atoms with E-state index in [1.54, 1.807) is 13.0 Å². The summed E-state index contributed by atoms with van der Waals surface area (Å²) in [5.74, 6) is 0.846. The molecule has 0 spiro atoms. The Bertz CT molecular complexity index is 306. The summed E-state index contributed by atoms with van der Waals surface area (Å²) in [5, 5.41) is 12.2. The Balaban J connectivity index is 2.35. The number of rotatable bonds is 7. The van der Waals surface area contributed by atoms with Crippen LogP contribution in [-0.4, -0.2) is 24.4 Å². The largest absolute Gasteiger partial charge is 0.490 e. The van der Waals surface area contributed by atoms with Crippen molar-refractivity contribution in [1.29, 1.82) is 0 Å². The number of hydrogen-bond acceptors (Lipinski definition) is 3. The highest BCUT2D eigenvalue weighted by Crippen LogP contribution is 2.11. The summed E-state index contributed by atoms with van der Waals surface area (Å²) in [4.78, 5) is 0. The lowest BCUT2D eigenvalue weighted by molar-refractivity contribution is 0.191. The molecule has 3 heteroatoms. The summed E-state index contributed by atoms with van der Waals surface area (Å²) in [6, 6.07) is 7.88. The van der Waals surface area contributed by atoms with Crippen molar-refractivity contribution in [3.05, 3.63) is 42.5 Å². The number of benzene rings is 1. The van der Waals surface area contributed by atoms with Gasteiger partial charge in [0.1, 0.15) is 12.4 Å². The maximum atomic E-state index is 9.08. The van der Waals surface area contributed by atoms with Crippen LogP contribution in [0.25, 0.3) is 0 Å². The molecular formula is C13H19NO2. The molecule has 0 saturated carbocycles.